The lowest BCUT2D eigenvalue weighted by molar-refractivity contribution is -0.384. The largest absolute Gasteiger partial charge is 0.493 e. The van der Waals surface area contributed by atoms with E-state index in [1.165, 1.54) is 24.1 Å². The molecule has 3 aromatic rings. The molecule has 36 heavy (non-hydrogen) atoms. The lowest BCUT2D eigenvalue weighted by Gasteiger charge is -2.14. The zero-order valence-corrected chi connectivity index (χ0v) is 22.5. The molecule has 11 heteroatoms. The number of non-ortho nitro benzene ring substituents is 1. The topological polar surface area (TPSA) is 99.0 Å². The summed E-state index contributed by atoms with van der Waals surface area (Å²) in [5.41, 5.74) is 2.24. The Labute approximate surface area is 229 Å². The molecule has 0 saturated carbocycles. The van der Waals surface area contributed by atoms with Crippen LogP contribution in [0.1, 0.15) is 16.7 Å². The van der Waals surface area contributed by atoms with Gasteiger partial charge in [0.1, 0.15) is 6.61 Å². The molecular weight excluding hydrogens is 619 g/mol. The second-order valence-electron chi connectivity index (χ2n) is 7.64. The molecule has 2 amide bonds. The zero-order valence-electron chi connectivity index (χ0n) is 18.8. The fraction of sp³-hybridized carbons (Fsp3) is 0.120. The normalized spacial score (nSPS) is 14.4. The van der Waals surface area contributed by atoms with E-state index in [2.05, 4.69) is 22.6 Å². The Morgan fingerprint density at radius 3 is 2.39 bits per heavy atom. The van der Waals surface area contributed by atoms with Crippen LogP contribution in [0.5, 0.6) is 11.5 Å². The molecule has 1 aliphatic rings. The molecule has 1 heterocycles. The van der Waals surface area contributed by atoms with Crippen LogP contribution in [-0.4, -0.2) is 28.1 Å². The van der Waals surface area contributed by atoms with Gasteiger partial charge in [0.15, 0.2) is 11.5 Å². The Bertz CT molecular complexity index is 1360. The van der Waals surface area contributed by atoms with Crippen molar-refractivity contribution in [1.82, 2.24) is 4.90 Å². The Kier molecular flexibility index (Phi) is 8.17. The Hall–Kier alpha value is -3.09. The zero-order chi connectivity index (χ0) is 25.8. The van der Waals surface area contributed by atoms with E-state index in [9.17, 15) is 19.7 Å². The van der Waals surface area contributed by atoms with Gasteiger partial charge in [0, 0.05) is 17.2 Å². The van der Waals surface area contributed by atoms with Gasteiger partial charge < -0.3 is 9.47 Å². The Balaban J connectivity index is 1.50. The van der Waals surface area contributed by atoms with Crippen molar-refractivity contribution in [2.24, 2.45) is 0 Å². The predicted molar refractivity (Wildman–Crippen MR) is 146 cm³/mol. The number of nitro groups is 1. The minimum atomic E-state index is -0.457. The number of hydrogen-bond donors (Lipinski definition) is 0. The summed E-state index contributed by atoms with van der Waals surface area (Å²) in [6, 6.07) is 16.6. The maximum absolute atomic E-state index is 12.9. The van der Waals surface area contributed by atoms with Gasteiger partial charge >= 0.3 is 0 Å². The van der Waals surface area contributed by atoms with Gasteiger partial charge in [-0.15, -0.1) is 0 Å². The van der Waals surface area contributed by atoms with Crippen LogP contribution in [0.2, 0.25) is 5.02 Å². The van der Waals surface area contributed by atoms with E-state index in [0.29, 0.717) is 27.0 Å². The first-order valence-electron chi connectivity index (χ1n) is 10.5. The molecule has 0 spiro atoms. The van der Waals surface area contributed by atoms with Crippen LogP contribution in [0.4, 0.5) is 10.5 Å². The number of ether oxygens (including phenoxy) is 2. The average molecular weight is 637 g/mol. The number of benzene rings is 3. The van der Waals surface area contributed by atoms with Gasteiger partial charge in [-0.2, -0.15) is 0 Å². The number of amides is 2. The lowest BCUT2D eigenvalue weighted by atomic mass is 10.1. The van der Waals surface area contributed by atoms with Crippen molar-refractivity contribution in [3.8, 4) is 11.5 Å². The van der Waals surface area contributed by atoms with E-state index in [0.717, 1.165) is 26.5 Å². The van der Waals surface area contributed by atoms with E-state index < -0.39 is 4.92 Å². The number of nitrogens with zero attached hydrogens (tertiary/aromatic N) is 2. The molecule has 0 unspecified atom stereocenters. The molecule has 0 bridgehead atoms. The van der Waals surface area contributed by atoms with Gasteiger partial charge in [-0.3, -0.25) is 24.6 Å². The summed E-state index contributed by atoms with van der Waals surface area (Å²) in [5.74, 6) is 0.590. The first-order valence-corrected chi connectivity index (χ1v) is 12.8. The third kappa shape index (κ3) is 6.00. The minimum absolute atomic E-state index is 0.00726. The molecule has 1 fully saturated rings. The highest BCUT2D eigenvalue weighted by Gasteiger charge is 2.35. The van der Waals surface area contributed by atoms with Crippen LogP contribution in [0.15, 0.2) is 65.6 Å². The number of carbonyl (C=O) groups excluding carboxylic acids is 2. The second-order valence-corrected chi connectivity index (χ2v) is 10.2. The third-order valence-corrected chi connectivity index (χ3v) is 7.17. The molecule has 0 aromatic heterocycles. The molecule has 0 aliphatic carbocycles. The average Bonchev–Trinajstić information content (AvgIpc) is 3.11. The first-order chi connectivity index (χ1) is 17.2. The number of methoxy groups -OCH3 is 1. The lowest BCUT2D eigenvalue weighted by Crippen LogP contribution is -2.27. The number of thioether (sulfide) groups is 1. The van der Waals surface area contributed by atoms with Crippen molar-refractivity contribution < 1.29 is 24.0 Å². The summed E-state index contributed by atoms with van der Waals surface area (Å²) in [6.45, 7) is 0.350. The van der Waals surface area contributed by atoms with Crippen LogP contribution >= 0.6 is 46.0 Å². The maximum atomic E-state index is 12.9. The van der Waals surface area contributed by atoms with Crippen LogP contribution in [-0.2, 0) is 17.9 Å². The molecule has 3 aromatic carbocycles. The molecule has 0 N–H and O–H groups in total. The minimum Gasteiger partial charge on any atom is -0.493 e. The first kappa shape index (κ1) is 26.0. The molecule has 8 nitrogen and oxygen atoms in total. The summed E-state index contributed by atoms with van der Waals surface area (Å²) >= 11 is 8.90. The van der Waals surface area contributed by atoms with E-state index in [1.807, 2.05) is 6.07 Å². The van der Waals surface area contributed by atoms with Gasteiger partial charge in [0.25, 0.3) is 16.8 Å². The van der Waals surface area contributed by atoms with Crippen LogP contribution in [0, 0.1) is 13.7 Å². The van der Waals surface area contributed by atoms with E-state index in [1.54, 1.807) is 48.5 Å². The molecule has 0 radical (unpaired) electrons. The summed E-state index contributed by atoms with van der Waals surface area (Å²) in [4.78, 5) is 37.3. The number of nitro benzene ring substituents is 1. The Morgan fingerprint density at radius 2 is 1.75 bits per heavy atom. The van der Waals surface area contributed by atoms with E-state index in [-0.39, 0.29) is 30.0 Å². The quantitative estimate of drug-likeness (QED) is 0.118. The van der Waals surface area contributed by atoms with Crippen LogP contribution in [0.3, 0.4) is 0 Å². The predicted octanol–water partition coefficient (Wildman–Crippen LogP) is 6.68. The molecule has 1 saturated heterocycles. The van der Waals surface area contributed by atoms with Crippen molar-refractivity contribution in [3.63, 3.8) is 0 Å². The third-order valence-electron chi connectivity index (χ3n) is 5.21. The summed E-state index contributed by atoms with van der Waals surface area (Å²) in [7, 11) is 1.51. The van der Waals surface area contributed by atoms with Crippen molar-refractivity contribution in [2.45, 2.75) is 13.2 Å². The number of imide groups is 1. The number of rotatable bonds is 8. The highest BCUT2D eigenvalue weighted by molar-refractivity contribution is 14.1. The number of hydrogen-bond acceptors (Lipinski definition) is 7. The summed E-state index contributed by atoms with van der Waals surface area (Å²) in [5, 5.41) is 11.1. The van der Waals surface area contributed by atoms with Crippen molar-refractivity contribution in [3.05, 3.63) is 101 Å². The Morgan fingerprint density at radius 1 is 1.08 bits per heavy atom. The molecule has 1 aliphatic heterocycles. The molecular formula is C25H18ClIN2O6S. The van der Waals surface area contributed by atoms with E-state index >= 15 is 0 Å². The van der Waals surface area contributed by atoms with Gasteiger partial charge in [0.2, 0.25) is 0 Å². The van der Waals surface area contributed by atoms with Crippen molar-refractivity contribution >= 4 is 68.9 Å². The smallest absolute Gasteiger partial charge is 0.293 e. The van der Waals surface area contributed by atoms with Gasteiger partial charge in [-0.05, 0) is 93.5 Å². The fourth-order valence-corrected chi connectivity index (χ4v) is 5.14. The van der Waals surface area contributed by atoms with Crippen LogP contribution < -0.4 is 9.47 Å². The maximum Gasteiger partial charge on any atom is 0.293 e. The van der Waals surface area contributed by atoms with E-state index in [4.69, 9.17) is 21.1 Å². The highest BCUT2D eigenvalue weighted by Crippen LogP contribution is 2.38. The summed E-state index contributed by atoms with van der Waals surface area (Å²) in [6.07, 6.45) is 1.65. The van der Waals surface area contributed by atoms with Crippen molar-refractivity contribution in [1.29, 1.82) is 0 Å². The van der Waals surface area contributed by atoms with Crippen LogP contribution in [0.25, 0.3) is 6.08 Å². The molecule has 4 rings (SSSR count). The SMILES string of the molecule is COc1cc(/C=C2\SC(=O)N(Cc3ccc(Cl)cc3)C2=O)cc(I)c1OCc1ccc([N+](=O)[O-])cc1. The second kappa shape index (κ2) is 11.3. The number of carbonyl (C=O) groups is 2. The van der Waals surface area contributed by atoms with Gasteiger partial charge in [-0.25, -0.2) is 0 Å². The molecule has 184 valence electrons. The summed E-state index contributed by atoms with van der Waals surface area (Å²) < 4.78 is 12.2. The fourth-order valence-electron chi connectivity index (χ4n) is 3.39. The highest BCUT2D eigenvalue weighted by atomic mass is 127. The van der Waals surface area contributed by atoms with Gasteiger partial charge in [0.05, 0.1) is 27.1 Å². The molecule has 0 atom stereocenters. The van der Waals surface area contributed by atoms with Gasteiger partial charge in [-0.1, -0.05) is 23.7 Å². The number of halogens is 2. The van der Waals surface area contributed by atoms with Crippen molar-refractivity contribution in [2.75, 3.05) is 7.11 Å². The standard InChI is InChI=1S/C25H18ClIN2O6S/c1-34-21-11-17(10-20(27)23(21)35-14-16-4-8-19(9-5-16)29(32)33)12-22-24(30)28(25(31)36-22)13-15-2-6-18(26)7-3-15/h2-12H,13-14H2,1H3/b22-12-. The monoisotopic (exact) mass is 636 g/mol.